The standard InChI is InChI=1S/C24H23N3O2/c25-18-12-16(13-19(26)14-18)15-29-23(28)11-10-21-20-8-4-5-9-22(20)27-24(21)17-6-2-1-3-7-17/h1-9,12-14,27H,10-11,15,25-26H2. The van der Waals surface area contributed by atoms with Crippen LogP contribution in [-0.2, 0) is 22.6 Å². The van der Waals surface area contributed by atoms with Crippen molar-refractivity contribution in [3.63, 3.8) is 0 Å². The van der Waals surface area contributed by atoms with Crippen LogP contribution in [0, 0.1) is 0 Å². The number of nitrogens with one attached hydrogen (secondary N) is 1. The molecular weight excluding hydrogens is 362 g/mol. The number of esters is 1. The van der Waals surface area contributed by atoms with Crippen LogP contribution in [0.1, 0.15) is 17.5 Å². The van der Waals surface area contributed by atoms with E-state index in [9.17, 15) is 4.79 Å². The Labute approximate surface area is 169 Å². The third-order valence-electron chi connectivity index (χ3n) is 4.89. The van der Waals surface area contributed by atoms with Gasteiger partial charge in [0.2, 0.25) is 0 Å². The van der Waals surface area contributed by atoms with Gasteiger partial charge in [0.1, 0.15) is 6.61 Å². The van der Waals surface area contributed by atoms with E-state index in [-0.39, 0.29) is 12.6 Å². The maximum atomic E-state index is 12.4. The summed E-state index contributed by atoms with van der Waals surface area (Å²) < 4.78 is 5.43. The third-order valence-corrected chi connectivity index (χ3v) is 4.89. The van der Waals surface area contributed by atoms with Crippen LogP contribution in [0.25, 0.3) is 22.2 Å². The van der Waals surface area contributed by atoms with Gasteiger partial charge in [-0.05, 0) is 47.4 Å². The summed E-state index contributed by atoms with van der Waals surface area (Å²) >= 11 is 0. The molecule has 4 rings (SSSR count). The van der Waals surface area contributed by atoms with Crippen LogP contribution in [0.15, 0.2) is 72.8 Å². The van der Waals surface area contributed by atoms with Crippen molar-refractivity contribution in [2.75, 3.05) is 11.5 Å². The van der Waals surface area contributed by atoms with Gasteiger partial charge in [-0.2, -0.15) is 0 Å². The lowest BCUT2D eigenvalue weighted by Gasteiger charge is -2.08. The van der Waals surface area contributed by atoms with E-state index in [1.807, 2.05) is 36.4 Å². The molecule has 146 valence electrons. The predicted molar refractivity (Wildman–Crippen MR) is 117 cm³/mol. The molecule has 0 amide bonds. The number of nitrogen functional groups attached to an aromatic ring is 2. The topological polar surface area (TPSA) is 94.1 Å². The predicted octanol–water partition coefficient (Wildman–Crippen LogP) is 4.68. The molecule has 5 N–H and O–H groups in total. The first kappa shape index (κ1) is 18.6. The average Bonchev–Trinajstić information content (AvgIpc) is 3.09. The molecule has 5 nitrogen and oxygen atoms in total. The number of aromatic amines is 1. The Morgan fingerprint density at radius 3 is 2.34 bits per heavy atom. The number of hydrogen-bond acceptors (Lipinski definition) is 4. The second-order valence-corrected chi connectivity index (χ2v) is 7.06. The number of nitrogens with two attached hydrogens (primary N) is 2. The van der Waals surface area contributed by atoms with Crippen LogP contribution >= 0.6 is 0 Å². The molecule has 29 heavy (non-hydrogen) atoms. The Bertz CT molecular complexity index is 1130. The number of fused-ring (bicyclic) bond motifs is 1. The molecule has 0 aliphatic heterocycles. The van der Waals surface area contributed by atoms with E-state index < -0.39 is 0 Å². The highest BCUT2D eigenvalue weighted by Crippen LogP contribution is 2.31. The van der Waals surface area contributed by atoms with E-state index in [0.717, 1.165) is 33.3 Å². The molecule has 3 aromatic carbocycles. The summed E-state index contributed by atoms with van der Waals surface area (Å²) in [5.74, 6) is -0.254. The lowest BCUT2D eigenvalue weighted by Crippen LogP contribution is -2.07. The van der Waals surface area contributed by atoms with Gasteiger partial charge < -0.3 is 21.2 Å². The van der Waals surface area contributed by atoms with Crippen molar-refractivity contribution < 1.29 is 9.53 Å². The minimum absolute atomic E-state index is 0.160. The van der Waals surface area contributed by atoms with Crippen molar-refractivity contribution in [3.8, 4) is 11.3 Å². The molecule has 1 aromatic heterocycles. The van der Waals surface area contributed by atoms with Gasteiger partial charge >= 0.3 is 5.97 Å². The molecule has 0 fully saturated rings. The van der Waals surface area contributed by atoms with Crippen LogP contribution < -0.4 is 11.5 Å². The molecular formula is C24H23N3O2. The lowest BCUT2D eigenvalue weighted by atomic mass is 10.0. The van der Waals surface area contributed by atoms with Crippen LogP contribution in [0.3, 0.4) is 0 Å². The zero-order valence-electron chi connectivity index (χ0n) is 16.0. The Kier molecular flexibility index (Phi) is 5.20. The molecule has 4 aromatic rings. The number of H-pyrrole nitrogens is 1. The molecule has 0 aliphatic carbocycles. The summed E-state index contributed by atoms with van der Waals surface area (Å²) in [6.07, 6.45) is 0.881. The van der Waals surface area contributed by atoms with Crippen LogP contribution in [0.4, 0.5) is 11.4 Å². The van der Waals surface area contributed by atoms with E-state index in [2.05, 4.69) is 23.2 Å². The highest BCUT2D eigenvalue weighted by Gasteiger charge is 2.15. The number of para-hydroxylation sites is 1. The summed E-state index contributed by atoms with van der Waals surface area (Å²) in [5, 5.41) is 1.13. The molecule has 0 radical (unpaired) electrons. The van der Waals surface area contributed by atoms with E-state index in [1.165, 1.54) is 0 Å². The maximum Gasteiger partial charge on any atom is 0.306 e. The number of carbonyl (C=O) groups excluding carboxylic acids is 1. The normalized spacial score (nSPS) is 10.9. The SMILES string of the molecule is Nc1cc(N)cc(COC(=O)CCc2c(-c3ccccc3)[nH]c3ccccc23)c1. The number of benzene rings is 3. The van der Waals surface area contributed by atoms with Gasteiger partial charge in [0, 0.05) is 34.4 Å². The minimum Gasteiger partial charge on any atom is -0.461 e. The van der Waals surface area contributed by atoms with Gasteiger partial charge in [-0.15, -0.1) is 0 Å². The number of aromatic nitrogens is 1. The molecule has 0 unspecified atom stereocenters. The smallest absolute Gasteiger partial charge is 0.306 e. The first-order valence-electron chi connectivity index (χ1n) is 9.56. The van der Waals surface area contributed by atoms with Gasteiger partial charge in [0.25, 0.3) is 0 Å². The van der Waals surface area contributed by atoms with Crippen molar-refractivity contribution in [2.45, 2.75) is 19.4 Å². The molecule has 0 saturated heterocycles. The first-order valence-corrected chi connectivity index (χ1v) is 9.56. The molecule has 0 spiro atoms. The van der Waals surface area contributed by atoms with Crippen LogP contribution in [-0.4, -0.2) is 11.0 Å². The lowest BCUT2D eigenvalue weighted by molar-refractivity contribution is -0.144. The Morgan fingerprint density at radius 1 is 0.897 bits per heavy atom. The van der Waals surface area contributed by atoms with Gasteiger partial charge in [0.15, 0.2) is 0 Å². The third kappa shape index (κ3) is 4.24. The summed E-state index contributed by atoms with van der Waals surface area (Å²) in [4.78, 5) is 15.9. The number of hydrogen-bond donors (Lipinski definition) is 3. The molecule has 0 saturated carbocycles. The van der Waals surface area contributed by atoms with Crippen molar-refractivity contribution in [3.05, 3.63) is 83.9 Å². The fourth-order valence-electron chi connectivity index (χ4n) is 3.60. The number of ether oxygens (including phenoxy) is 1. The van der Waals surface area contributed by atoms with Gasteiger partial charge in [-0.3, -0.25) is 4.79 Å². The molecule has 5 heteroatoms. The summed E-state index contributed by atoms with van der Waals surface area (Å²) in [6.45, 7) is 0.160. The Hall–Kier alpha value is -3.73. The Balaban J connectivity index is 1.49. The summed E-state index contributed by atoms with van der Waals surface area (Å²) in [5.41, 5.74) is 17.8. The van der Waals surface area contributed by atoms with E-state index in [1.54, 1.807) is 18.2 Å². The van der Waals surface area contributed by atoms with E-state index >= 15 is 0 Å². The molecule has 0 bridgehead atoms. The van der Waals surface area contributed by atoms with Crippen molar-refractivity contribution in [1.82, 2.24) is 4.98 Å². The monoisotopic (exact) mass is 385 g/mol. The zero-order valence-corrected chi connectivity index (χ0v) is 16.0. The van der Waals surface area contributed by atoms with Gasteiger partial charge in [-0.25, -0.2) is 0 Å². The second kappa shape index (κ2) is 8.10. The number of carbonyl (C=O) groups is 1. The summed E-state index contributed by atoms with van der Waals surface area (Å²) in [6, 6.07) is 23.5. The molecule has 0 aliphatic rings. The average molecular weight is 385 g/mol. The quantitative estimate of drug-likeness (QED) is 0.332. The molecule has 0 atom stereocenters. The van der Waals surface area contributed by atoms with Gasteiger partial charge in [-0.1, -0.05) is 48.5 Å². The first-order chi connectivity index (χ1) is 14.1. The van der Waals surface area contributed by atoms with Crippen molar-refractivity contribution in [2.24, 2.45) is 0 Å². The zero-order chi connectivity index (χ0) is 20.2. The number of rotatable bonds is 6. The second-order valence-electron chi connectivity index (χ2n) is 7.06. The van der Waals surface area contributed by atoms with Crippen LogP contribution in [0.5, 0.6) is 0 Å². The highest BCUT2D eigenvalue weighted by atomic mass is 16.5. The van der Waals surface area contributed by atoms with Crippen molar-refractivity contribution >= 4 is 28.2 Å². The Morgan fingerprint density at radius 2 is 1.59 bits per heavy atom. The largest absolute Gasteiger partial charge is 0.461 e. The minimum atomic E-state index is -0.254. The maximum absolute atomic E-state index is 12.4. The summed E-state index contributed by atoms with van der Waals surface area (Å²) in [7, 11) is 0. The fourth-order valence-corrected chi connectivity index (χ4v) is 3.60. The molecule has 1 heterocycles. The highest BCUT2D eigenvalue weighted by molar-refractivity contribution is 5.91. The van der Waals surface area contributed by atoms with Gasteiger partial charge in [0.05, 0.1) is 0 Å². The van der Waals surface area contributed by atoms with E-state index in [0.29, 0.717) is 24.2 Å². The number of anilines is 2. The van der Waals surface area contributed by atoms with E-state index in [4.69, 9.17) is 16.2 Å². The fraction of sp³-hybridized carbons (Fsp3) is 0.125. The van der Waals surface area contributed by atoms with Crippen LogP contribution in [0.2, 0.25) is 0 Å². The number of aryl methyl sites for hydroxylation is 1. The van der Waals surface area contributed by atoms with Crippen molar-refractivity contribution in [1.29, 1.82) is 0 Å².